The van der Waals surface area contributed by atoms with Crippen LogP contribution in [0.15, 0.2) is 23.1 Å². The molecule has 1 atom stereocenters. The molecule has 0 saturated carbocycles. The number of benzene rings is 1. The first kappa shape index (κ1) is 28.1. The van der Waals surface area contributed by atoms with Gasteiger partial charge in [-0.05, 0) is 37.5 Å². The third-order valence-corrected chi connectivity index (χ3v) is 7.74. The highest BCUT2D eigenvalue weighted by Crippen LogP contribution is 2.42. The van der Waals surface area contributed by atoms with Crippen LogP contribution in [-0.4, -0.2) is 45.2 Å². The van der Waals surface area contributed by atoms with Crippen LogP contribution >= 0.6 is 23.2 Å². The average Bonchev–Trinajstić information content (AvgIpc) is 2.92. The van der Waals surface area contributed by atoms with Crippen LogP contribution in [0.25, 0.3) is 28.0 Å². The lowest BCUT2D eigenvalue weighted by atomic mass is 10.0. The van der Waals surface area contributed by atoms with Gasteiger partial charge in [-0.2, -0.15) is 4.98 Å². The predicted molar refractivity (Wildman–Crippen MR) is 151 cm³/mol. The molecule has 1 saturated heterocycles. The Hall–Kier alpha value is -3.41. The minimum Gasteiger partial charge on any atom is -0.397 e. The van der Waals surface area contributed by atoms with Gasteiger partial charge in [0.25, 0.3) is 0 Å². The molecular formula is C27H26Cl2F3N7O. The zero-order valence-corrected chi connectivity index (χ0v) is 23.6. The normalized spacial score (nSPS) is 15.8. The molecule has 1 fully saturated rings. The summed E-state index contributed by atoms with van der Waals surface area (Å²) >= 11 is 11.8. The Morgan fingerprint density at radius 1 is 1.15 bits per heavy atom. The number of nitrogen functional groups attached to an aromatic ring is 1. The predicted octanol–water partition coefficient (Wildman–Crippen LogP) is 5.38. The molecule has 4 heterocycles. The van der Waals surface area contributed by atoms with E-state index in [4.69, 9.17) is 28.9 Å². The van der Waals surface area contributed by atoms with E-state index in [1.54, 1.807) is 19.2 Å². The molecule has 4 aromatic rings. The van der Waals surface area contributed by atoms with E-state index in [0.29, 0.717) is 36.6 Å². The number of hydrogen-bond donors (Lipinski definition) is 2. The van der Waals surface area contributed by atoms with Crippen LogP contribution in [0, 0.1) is 24.4 Å². The number of nitrogens with one attached hydrogen (secondary N) is 1. The van der Waals surface area contributed by atoms with Crippen molar-refractivity contribution in [2.45, 2.75) is 39.7 Å². The minimum atomic E-state index is -1.33. The van der Waals surface area contributed by atoms with Crippen molar-refractivity contribution in [2.24, 2.45) is 0 Å². The topological polar surface area (TPSA) is 102 Å². The fourth-order valence-corrected chi connectivity index (χ4v) is 5.45. The quantitative estimate of drug-likeness (QED) is 0.187. The highest BCUT2D eigenvalue weighted by atomic mass is 35.5. The van der Waals surface area contributed by atoms with E-state index >= 15 is 8.78 Å². The molecule has 40 heavy (non-hydrogen) atoms. The van der Waals surface area contributed by atoms with Crippen molar-refractivity contribution < 1.29 is 13.2 Å². The summed E-state index contributed by atoms with van der Waals surface area (Å²) in [6.07, 6.45) is 1.63. The van der Waals surface area contributed by atoms with E-state index in [9.17, 15) is 9.18 Å². The fourth-order valence-electron chi connectivity index (χ4n) is 5.02. The highest BCUT2D eigenvalue weighted by Gasteiger charge is 2.30. The maximum atomic E-state index is 15.9. The van der Waals surface area contributed by atoms with Crippen molar-refractivity contribution >= 4 is 45.7 Å². The second kappa shape index (κ2) is 10.5. The SMILES string of the molecule is Cc1ccnc(C(C)C)c1-n1c(=O)nc(N2CCNC[C@@H]2C)c2cc(F)c(-c3c(N)c(Cl)c(F)c(Cl)c3F)nc21. The van der Waals surface area contributed by atoms with Gasteiger partial charge in [0.05, 0.1) is 28.0 Å². The van der Waals surface area contributed by atoms with Crippen molar-refractivity contribution in [3.05, 3.63) is 67.6 Å². The summed E-state index contributed by atoms with van der Waals surface area (Å²) in [6, 6.07) is 2.78. The summed E-state index contributed by atoms with van der Waals surface area (Å²) in [5.41, 5.74) is 5.18. The first-order valence-electron chi connectivity index (χ1n) is 12.6. The van der Waals surface area contributed by atoms with Crippen molar-refractivity contribution in [1.29, 1.82) is 0 Å². The van der Waals surface area contributed by atoms with Gasteiger partial charge in [-0.3, -0.25) is 4.98 Å². The first-order chi connectivity index (χ1) is 18.9. The van der Waals surface area contributed by atoms with Gasteiger partial charge in [0.2, 0.25) is 0 Å². The van der Waals surface area contributed by atoms with Gasteiger partial charge >= 0.3 is 5.69 Å². The summed E-state index contributed by atoms with van der Waals surface area (Å²) in [6.45, 7) is 9.33. The van der Waals surface area contributed by atoms with Gasteiger partial charge in [0, 0.05) is 31.9 Å². The number of piperazine rings is 1. The van der Waals surface area contributed by atoms with E-state index in [1.165, 1.54) is 4.57 Å². The lowest BCUT2D eigenvalue weighted by Gasteiger charge is -2.35. The molecule has 0 spiro atoms. The zero-order valence-electron chi connectivity index (χ0n) is 22.1. The summed E-state index contributed by atoms with van der Waals surface area (Å²) in [5.74, 6) is -3.45. The van der Waals surface area contributed by atoms with E-state index in [-0.39, 0.29) is 28.8 Å². The fraction of sp³-hybridized carbons (Fsp3) is 0.333. The number of fused-ring (bicyclic) bond motifs is 1. The van der Waals surface area contributed by atoms with Crippen LogP contribution in [-0.2, 0) is 0 Å². The van der Waals surface area contributed by atoms with Gasteiger partial charge < -0.3 is 16.0 Å². The van der Waals surface area contributed by atoms with Gasteiger partial charge in [0.1, 0.15) is 21.6 Å². The zero-order chi connectivity index (χ0) is 29.0. The number of hydrogen-bond acceptors (Lipinski definition) is 7. The van der Waals surface area contributed by atoms with Gasteiger partial charge in [-0.1, -0.05) is 37.0 Å². The molecular weight excluding hydrogens is 566 g/mol. The van der Waals surface area contributed by atoms with Crippen LogP contribution in [0.5, 0.6) is 0 Å². The van der Waals surface area contributed by atoms with Crippen LogP contribution in [0.2, 0.25) is 10.0 Å². The maximum Gasteiger partial charge on any atom is 0.355 e. The molecule has 3 N–H and O–H groups in total. The van der Waals surface area contributed by atoms with Crippen LogP contribution in [0.4, 0.5) is 24.7 Å². The Morgan fingerprint density at radius 3 is 2.55 bits per heavy atom. The Bertz CT molecular complexity index is 1700. The summed E-state index contributed by atoms with van der Waals surface area (Å²) in [5, 5.41) is 1.86. The molecule has 1 aliphatic heterocycles. The van der Waals surface area contributed by atoms with Crippen LogP contribution in [0.1, 0.15) is 37.9 Å². The molecule has 5 rings (SSSR count). The van der Waals surface area contributed by atoms with Crippen molar-refractivity contribution in [1.82, 2.24) is 24.8 Å². The molecule has 3 aromatic heterocycles. The number of nitrogens with two attached hydrogens (primary N) is 1. The first-order valence-corrected chi connectivity index (χ1v) is 13.4. The van der Waals surface area contributed by atoms with E-state index < -0.39 is 50.1 Å². The molecule has 0 amide bonds. The third kappa shape index (κ3) is 4.46. The van der Waals surface area contributed by atoms with Gasteiger partial charge in [-0.15, -0.1) is 0 Å². The molecule has 1 aliphatic rings. The number of aromatic nitrogens is 4. The smallest absolute Gasteiger partial charge is 0.355 e. The molecule has 210 valence electrons. The number of nitrogens with zero attached hydrogens (tertiary/aromatic N) is 5. The van der Waals surface area contributed by atoms with E-state index in [2.05, 4.69) is 20.3 Å². The lowest BCUT2D eigenvalue weighted by molar-refractivity contribution is 0.497. The Morgan fingerprint density at radius 2 is 1.88 bits per heavy atom. The number of rotatable bonds is 4. The summed E-state index contributed by atoms with van der Waals surface area (Å²) in [7, 11) is 0. The standard InChI is InChI=1S/C27H26Cl2F3N7O/c1-11(2)22-24(12(3)5-6-35-22)39-26-14(25(37-27(39)40)38-8-7-34-10-13(38)4)9-15(30)23(36-26)16-19(31)17(28)20(32)18(29)21(16)33/h5-6,9,11,13,34H,7-8,10,33H2,1-4H3/t13-/m0/s1. The second-order valence-corrected chi connectivity index (χ2v) is 10.8. The molecule has 0 bridgehead atoms. The minimum absolute atomic E-state index is 0.00879. The third-order valence-electron chi connectivity index (χ3n) is 7.04. The maximum absolute atomic E-state index is 15.9. The molecule has 0 aliphatic carbocycles. The van der Waals surface area contributed by atoms with Crippen molar-refractivity contribution in [3.8, 4) is 16.9 Å². The second-order valence-electron chi connectivity index (χ2n) is 10.1. The average molecular weight is 592 g/mol. The Kier molecular flexibility index (Phi) is 7.41. The number of halogens is 5. The number of pyridine rings is 2. The van der Waals surface area contributed by atoms with Crippen molar-refractivity contribution in [3.63, 3.8) is 0 Å². The van der Waals surface area contributed by atoms with Gasteiger partial charge in [0.15, 0.2) is 23.1 Å². The largest absolute Gasteiger partial charge is 0.397 e. The number of anilines is 2. The molecule has 0 unspecified atom stereocenters. The summed E-state index contributed by atoms with van der Waals surface area (Å²) < 4.78 is 46.7. The summed E-state index contributed by atoms with van der Waals surface area (Å²) in [4.78, 5) is 29.0. The van der Waals surface area contributed by atoms with Crippen LogP contribution in [0.3, 0.4) is 0 Å². The lowest BCUT2D eigenvalue weighted by Crippen LogP contribution is -2.50. The monoisotopic (exact) mass is 591 g/mol. The molecule has 13 heteroatoms. The van der Waals surface area contributed by atoms with E-state index in [1.807, 2.05) is 25.7 Å². The number of aryl methyl sites for hydroxylation is 1. The Labute approximate surface area is 238 Å². The van der Waals surface area contributed by atoms with Crippen molar-refractivity contribution in [2.75, 3.05) is 30.3 Å². The molecule has 1 aromatic carbocycles. The Balaban J connectivity index is 1.95. The van der Waals surface area contributed by atoms with Crippen LogP contribution < -0.4 is 21.6 Å². The molecule has 8 nitrogen and oxygen atoms in total. The highest BCUT2D eigenvalue weighted by molar-refractivity contribution is 6.37. The molecule has 0 radical (unpaired) electrons. The van der Waals surface area contributed by atoms with Gasteiger partial charge in [-0.25, -0.2) is 27.5 Å². The van der Waals surface area contributed by atoms with E-state index in [0.717, 1.165) is 6.07 Å².